The van der Waals surface area contributed by atoms with Crippen LogP contribution >= 0.6 is 0 Å². The summed E-state index contributed by atoms with van der Waals surface area (Å²) in [6, 6.07) is 20.8. The van der Waals surface area contributed by atoms with E-state index in [-0.39, 0.29) is 42.7 Å². The lowest BCUT2D eigenvalue weighted by molar-refractivity contribution is 0.0695. The van der Waals surface area contributed by atoms with E-state index < -0.39 is 11.5 Å². The molecule has 51 heavy (non-hydrogen) atoms. The van der Waals surface area contributed by atoms with Gasteiger partial charge in [-0.1, -0.05) is 48.5 Å². The molecule has 6 rings (SSSR count). The maximum Gasteiger partial charge on any atom is 0.320 e. The highest BCUT2D eigenvalue weighted by Gasteiger charge is 2.35. The van der Waals surface area contributed by atoms with Gasteiger partial charge >= 0.3 is 6.03 Å². The molecular weight excluding hydrogens is 650 g/mol. The van der Waals surface area contributed by atoms with Gasteiger partial charge in [0.15, 0.2) is 0 Å². The van der Waals surface area contributed by atoms with Crippen molar-refractivity contribution in [3.8, 4) is 16.9 Å². The third-order valence-corrected chi connectivity index (χ3v) is 9.60. The summed E-state index contributed by atoms with van der Waals surface area (Å²) in [5.41, 5.74) is 3.26. The molecule has 2 aromatic heterocycles. The summed E-state index contributed by atoms with van der Waals surface area (Å²) < 4.78 is 19.2. The Bertz CT molecular complexity index is 1840. The summed E-state index contributed by atoms with van der Waals surface area (Å²) in [7, 11) is 3.25. The molecule has 13 heteroatoms. The third kappa shape index (κ3) is 8.56. The van der Waals surface area contributed by atoms with Crippen LogP contribution in [0.4, 0.5) is 10.6 Å². The summed E-state index contributed by atoms with van der Waals surface area (Å²) in [6.45, 7) is 6.37. The number of nitrogens with one attached hydrogen (secondary N) is 3. The predicted molar refractivity (Wildman–Crippen MR) is 195 cm³/mol. The highest BCUT2D eigenvalue weighted by molar-refractivity contribution is 5.96. The average Bonchev–Trinajstić information content (AvgIpc) is 3.71. The summed E-state index contributed by atoms with van der Waals surface area (Å²) in [4.78, 5) is 43.3. The minimum Gasteiger partial charge on any atom is -0.383 e. The molecular formula is C38H47N7O6. The number of urea groups is 1. The quantitative estimate of drug-likeness (QED) is 0.192. The molecule has 0 aliphatic carbocycles. The van der Waals surface area contributed by atoms with Crippen LogP contribution in [0.2, 0.25) is 0 Å². The Balaban J connectivity index is 1.33. The number of carbonyl (C=O) groups is 2. The normalized spacial score (nSPS) is 18.1. The van der Waals surface area contributed by atoms with Crippen molar-refractivity contribution in [3.05, 3.63) is 100.0 Å². The number of nitrogens with zero attached hydrogens (tertiary/aromatic N) is 4. The number of hydrogen-bond acceptors (Lipinski definition) is 8. The van der Waals surface area contributed by atoms with Crippen molar-refractivity contribution in [2.75, 3.05) is 65.6 Å². The minimum atomic E-state index is -0.443. The number of anilines is 1. The zero-order chi connectivity index (χ0) is 35.7. The second kappa shape index (κ2) is 16.9. The largest absolute Gasteiger partial charge is 0.383 e. The SMILES string of the molecule is COCCN1C[C@@H](NC(=O)Nc2c(C)c(-c3cc(C(=O)NC4CCOCC4)c(=O)n(CCOC)c3)nn2-c2ccccc2)[C@H](c2ccccc2)C1. The van der Waals surface area contributed by atoms with Gasteiger partial charge in [0.25, 0.3) is 11.5 Å². The van der Waals surface area contributed by atoms with Gasteiger partial charge in [0, 0.05) is 82.9 Å². The van der Waals surface area contributed by atoms with Gasteiger partial charge in [0.2, 0.25) is 0 Å². The van der Waals surface area contributed by atoms with Crippen LogP contribution < -0.4 is 21.5 Å². The maximum absolute atomic E-state index is 13.9. The molecule has 0 saturated carbocycles. The molecule has 2 aliphatic heterocycles. The van der Waals surface area contributed by atoms with E-state index in [0.717, 1.165) is 24.3 Å². The van der Waals surface area contributed by atoms with E-state index in [1.165, 1.54) is 4.57 Å². The minimum absolute atomic E-state index is 0.0159. The standard InChI is InChI=1S/C38H47N7O6/c1-26-34(28-22-31(37(47)44(23-28)17-21-50-3)36(46)39-29-14-18-51-19-15-29)42-45(30-12-8-5-9-13-30)35(26)41-38(48)40-33-25-43(16-20-49-2)24-32(33)27-10-6-4-7-11-27/h4-13,22-23,29,32-33H,14-21,24-25H2,1-3H3,(H,39,46)(H2,40,41,48)/t32-,33+/m0/s1. The lowest BCUT2D eigenvalue weighted by atomic mass is 9.94. The molecule has 4 aromatic rings. The van der Waals surface area contributed by atoms with Crippen LogP contribution in [0.3, 0.4) is 0 Å². The van der Waals surface area contributed by atoms with Crippen molar-refractivity contribution in [3.63, 3.8) is 0 Å². The Morgan fingerprint density at radius 2 is 1.61 bits per heavy atom. The van der Waals surface area contributed by atoms with Gasteiger partial charge < -0.3 is 29.4 Å². The van der Waals surface area contributed by atoms with Gasteiger partial charge in [-0.25, -0.2) is 9.48 Å². The summed E-state index contributed by atoms with van der Waals surface area (Å²) in [6.07, 6.45) is 3.05. The summed E-state index contributed by atoms with van der Waals surface area (Å²) in [5, 5.41) is 14.3. The number of pyridine rings is 1. The van der Waals surface area contributed by atoms with E-state index in [1.54, 1.807) is 31.2 Å². The number of methoxy groups -OCH3 is 2. The van der Waals surface area contributed by atoms with Gasteiger partial charge in [-0.05, 0) is 43.5 Å². The molecule has 3 N–H and O–H groups in total. The Labute approximate surface area is 297 Å². The zero-order valence-corrected chi connectivity index (χ0v) is 29.5. The molecule has 2 aliphatic rings. The van der Waals surface area contributed by atoms with Crippen LogP contribution in [0.25, 0.3) is 16.9 Å². The van der Waals surface area contributed by atoms with Crippen LogP contribution in [0.5, 0.6) is 0 Å². The number of para-hydroxylation sites is 1. The number of aromatic nitrogens is 3. The van der Waals surface area contributed by atoms with E-state index in [2.05, 4.69) is 33.0 Å². The van der Waals surface area contributed by atoms with E-state index in [0.29, 0.717) is 61.8 Å². The van der Waals surface area contributed by atoms with Gasteiger partial charge in [0.1, 0.15) is 11.4 Å². The molecule has 0 spiro atoms. The van der Waals surface area contributed by atoms with Crippen LogP contribution in [0, 0.1) is 6.92 Å². The Morgan fingerprint density at radius 1 is 0.922 bits per heavy atom. The van der Waals surface area contributed by atoms with Crippen molar-refractivity contribution >= 4 is 17.8 Å². The summed E-state index contributed by atoms with van der Waals surface area (Å²) >= 11 is 0. The Hall–Kier alpha value is -4.82. The number of benzene rings is 2. The molecule has 0 bridgehead atoms. The smallest absolute Gasteiger partial charge is 0.320 e. The monoisotopic (exact) mass is 697 g/mol. The molecule has 2 fully saturated rings. The lowest BCUT2D eigenvalue weighted by Crippen LogP contribution is -2.42. The van der Waals surface area contributed by atoms with Gasteiger partial charge in [-0.3, -0.25) is 19.8 Å². The van der Waals surface area contributed by atoms with Crippen molar-refractivity contribution in [2.45, 2.75) is 44.3 Å². The van der Waals surface area contributed by atoms with Crippen LogP contribution in [-0.2, 0) is 20.8 Å². The number of amides is 3. The number of likely N-dealkylation sites (tertiary alicyclic amines) is 1. The fraction of sp³-hybridized carbons (Fsp3) is 0.421. The van der Waals surface area contributed by atoms with Gasteiger partial charge in [0.05, 0.1) is 30.6 Å². The number of rotatable bonds is 13. The predicted octanol–water partition coefficient (Wildman–Crippen LogP) is 3.80. The molecule has 270 valence electrons. The van der Waals surface area contributed by atoms with E-state index in [9.17, 15) is 14.4 Å². The highest BCUT2D eigenvalue weighted by Crippen LogP contribution is 2.32. The number of hydrogen-bond donors (Lipinski definition) is 3. The number of carbonyl (C=O) groups excluding carboxylic acids is 2. The molecule has 0 radical (unpaired) electrons. The zero-order valence-electron chi connectivity index (χ0n) is 29.5. The molecule has 13 nitrogen and oxygen atoms in total. The van der Waals surface area contributed by atoms with Crippen LogP contribution in [0.1, 0.15) is 40.2 Å². The van der Waals surface area contributed by atoms with Gasteiger partial charge in [-0.2, -0.15) is 5.10 Å². The van der Waals surface area contributed by atoms with Crippen molar-refractivity contribution in [2.24, 2.45) is 0 Å². The van der Waals surface area contributed by atoms with Crippen molar-refractivity contribution in [1.82, 2.24) is 29.9 Å². The van der Waals surface area contributed by atoms with Crippen molar-refractivity contribution < 1.29 is 23.8 Å². The van der Waals surface area contributed by atoms with Crippen LogP contribution in [0.15, 0.2) is 77.7 Å². The third-order valence-electron chi connectivity index (χ3n) is 9.60. The molecule has 4 heterocycles. The Morgan fingerprint density at radius 3 is 2.31 bits per heavy atom. The molecule has 2 saturated heterocycles. The first kappa shape index (κ1) is 36.0. The van der Waals surface area contributed by atoms with Crippen LogP contribution in [-0.4, -0.2) is 104 Å². The van der Waals surface area contributed by atoms with Crippen molar-refractivity contribution in [1.29, 1.82) is 0 Å². The maximum atomic E-state index is 13.9. The summed E-state index contributed by atoms with van der Waals surface area (Å²) in [5.74, 6) is 0.132. The second-order valence-corrected chi connectivity index (χ2v) is 13.0. The highest BCUT2D eigenvalue weighted by atomic mass is 16.5. The molecule has 3 amide bonds. The second-order valence-electron chi connectivity index (χ2n) is 13.0. The molecule has 2 atom stereocenters. The average molecular weight is 698 g/mol. The first-order valence-electron chi connectivity index (χ1n) is 17.5. The first-order chi connectivity index (χ1) is 24.9. The first-order valence-corrected chi connectivity index (χ1v) is 17.5. The topological polar surface area (TPSA) is 141 Å². The fourth-order valence-electron chi connectivity index (χ4n) is 6.85. The Kier molecular flexibility index (Phi) is 11.9. The van der Waals surface area contributed by atoms with E-state index in [4.69, 9.17) is 19.3 Å². The molecule has 0 unspecified atom stereocenters. The number of ether oxygens (including phenoxy) is 3. The molecule has 2 aromatic carbocycles. The van der Waals surface area contributed by atoms with E-state index in [1.807, 2.05) is 55.5 Å². The fourth-order valence-corrected chi connectivity index (χ4v) is 6.85. The lowest BCUT2D eigenvalue weighted by Gasteiger charge is -2.23. The van der Waals surface area contributed by atoms with Gasteiger partial charge in [-0.15, -0.1) is 0 Å². The van der Waals surface area contributed by atoms with E-state index >= 15 is 0 Å².